The quantitative estimate of drug-likeness (QED) is 0.311. The lowest BCUT2D eigenvalue weighted by Crippen LogP contribution is -2.35. The number of hydrogen-bond donors (Lipinski definition) is 2. The molecule has 0 spiro atoms. The van der Waals surface area contributed by atoms with Gasteiger partial charge in [0.25, 0.3) is 11.8 Å². The van der Waals surface area contributed by atoms with E-state index in [1.807, 2.05) is 0 Å². The number of rotatable bonds is 8. The third-order valence-corrected chi connectivity index (χ3v) is 5.63. The SMILES string of the molecule is CC(CSS(=O)(=O)O)NCCCN1C(=O)c2ccccc2C1=O. The highest BCUT2D eigenvalue weighted by Gasteiger charge is 2.34. The molecule has 0 aliphatic carbocycles. The minimum Gasteiger partial charge on any atom is -0.313 e. The maximum atomic E-state index is 12.1. The first-order valence-electron chi connectivity index (χ1n) is 7.10. The van der Waals surface area contributed by atoms with Crippen LogP contribution in [0.3, 0.4) is 0 Å². The molecule has 1 heterocycles. The van der Waals surface area contributed by atoms with E-state index in [4.69, 9.17) is 4.55 Å². The molecule has 2 N–H and O–H groups in total. The van der Waals surface area contributed by atoms with Crippen LogP contribution in [0.15, 0.2) is 24.3 Å². The molecular weight excluding hydrogens is 340 g/mol. The molecular formula is C14H18N2O5S2. The molecule has 2 amide bonds. The average Bonchev–Trinajstić information content (AvgIpc) is 2.74. The molecule has 0 radical (unpaired) electrons. The highest BCUT2D eigenvalue weighted by atomic mass is 33.1. The summed E-state index contributed by atoms with van der Waals surface area (Å²) in [4.78, 5) is 25.5. The van der Waals surface area contributed by atoms with Crippen molar-refractivity contribution < 1.29 is 22.6 Å². The summed E-state index contributed by atoms with van der Waals surface area (Å²) in [6, 6.07) is 6.61. The van der Waals surface area contributed by atoms with E-state index in [9.17, 15) is 18.0 Å². The van der Waals surface area contributed by atoms with Crippen LogP contribution in [0.25, 0.3) is 0 Å². The van der Waals surface area contributed by atoms with Crippen LogP contribution in [0.1, 0.15) is 34.1 Å². The Kier molecular flexibility index (Phi) is 5.79. The molecule has 1 aliphatic rings. The molecule has 0 fully saturated rings. The third-order valence-electron chi connectivity index (χ3n) is 3.40. The van der Waals surface area contributed by atoms with Gasteiger partial charge >= 0.3 is 9.15 Å². The molecule has 0 saturated heterocycles. The lowest BCUT2D eigenvalue weighted by Gasteiger charge is -2.16. The fraction of sp³-hybridized carbons (Fsp3) is 0.429. The van der Waals surface area contributed by atoms with Gasteiger partial charge in [-0.2, -0.15) is 8.42 Å². The van der Waals surface area contributed by atoms with Crippen LogP contribution in [0, 0.1) is 0 Å². The first-order chi connectivity index (χ1) is 10.8. The minimum atomic E-state index is -4.03. The number of nitrogens with zero attached hydrogens (tertiary/aromatic N) is 1. The van der Waals surface area contributed by atoms with E-state index in [2.05, 4.69) is 5.32 Å². The maximum absolute atomic E-state index is 12.1. The van der Waals surface area contributed by atoms with Crippen LogP contribution in [0.5, 0.6) is 0 Å². The highest BCUT2D eigenvalue weighted by Crippen LogP contribution is 2.22. The summed E-state index contributed by atoms with van der Waals surface area (Å²) in [7, 11) is -3.56. The molecule has 1 aliphatic heterocycles. The van der Waals surface area contributed by atoms with Crippen LogP contribution in [0.2, 0.25) is 0 Å². The second kappa shape index (κ2) is 7.43. The number of imide groups is 1. The fourth-order valence-corrected chi connectivity index (χ4v) is 3.90. The van der Waals surface area contributed by atoms with Crippen LogP contribution in [-0.4, -0.2) is 54.6 Å². The standard InChI is InChI=1S/C14H18N2O5S2/c1-10(9-22-23(19,20)21)15-7-4-8-16-13(17)11-5-2-3-6-12(11)14(16)18/h2-3,5-6,10,15H,4,7-9H2,1H3,(H,19,20,21). The van der Waals surface area contributed by atoms with E-state index >= 15 is 0 Å². The molecule has 126 valence electrons. The van der Waals surface area contributed by atoms with Crippen molar-refractivity contribution in [2.75, 3.05) is 18.8 Å². The number of hydrogen-bond acceptors (Lipinski definition) is 6. The van der Waals surface area contributed by atoms with E-state index in [-0.39, 0.29) is 23.6 Å². The van der Waals surface area contributed by atoms with Crippen molar-refractivity contribution >= 4 is 31.8 Å². The summed E-state index contributed by atoms with van der Waals surface area (Å²) in [6.07, 6.45) is 0.562. The van der Waals surface area contributed by atoms with Crippen molar-refractivity contribution in [1.29, 1.82) is 0 Å². The molecule has 0 aromatic heterocycles. The predicted octanol–water partition coefficient (Wildman–Crippen LogP) is 1.19. The van der Waals surface area contributed by atoms with Gasteiger partial charge in [0.05, 0.1) is 11.1 Å². The number of benzene rings is 1. The zero-order valence-electron chi connectivity index (χ0n) is 12.6. The van der Waals surface area contributed by atoms with E-state index in [1.165, 1.54) is 4.90 Å². The first kappa shape index (κ1) is 17.9. The summed E-state index contributed by atoms with van der Waals surface area (Å²) >= 11 is 0. The molecule has 1 aromatic carbocycles. The van der Waals surface area contributed by atoms with Gasteiger partial charge in [-0.25, -0.2) is 0 Å². The molecule has 7 nitrogen and oxygen atoms in total. The summed E-state index contributed by atoms with van der Waals surface area (Å²) < 4.78 is 29.9. The van der Waals surface area contributed by atoms with Crippen LogP contribution in [0.4, 0.5) is 0 Å². The first-order valence-corrected chi connectivity index (χ1v) is 10.0. The molecule has 0 bridgehead atoms. The Morgan fingerprint density at radius 3 is 2.30 bits per heavy atom. The largest absolute Gasteiger partial charge is 0.319 e. The van der Waals surface area contributed by atoms with E-state index in [1.54, 1.807) is 31.2 Å². The van der Waals surface area contributed by atoms with Crippen molar-refractivity contribution in [1.82, 2.24) is 10.2 Å². The number of carbonyl (C=O) groups is 2. The van der Waals surface area contributed by atoms with E-state index in [0.29, 0.717) is 41.4 Å². The average molecular weight is 358 g/mol. The van der Waals surface area contributed by atoms with Crippen molar-refractivity contribution in [3.8, 4) is 0 Å². The van der Waals surface area contributed by atoms with Gasteiger partial charge in [-0.15, -0.1) is 0 Å². The lowest BCUT2D eigenvalue weighted by atomic mass is 10.1. The van der Waals surface area contributed by atoms with E-state index < -0.39 is 9.15 Å². The van der Waals surface area contributed by atoms with Gasteiger partial charge in [0.15, 0.2) is 0 Å². The maximum Gasteiger partial charge on any atom is 0.319 e. The topological polar surface area (TPSA) is 104 Å². The van der Waals surface area contributed by atoms with Gasteiger partial charge in [-0.1, -0.05) is 12.1 Å². The Morgan fingerprint density at radius 2 is 1.78 bits per heavy atom. The van der Waals surface area contributed by atoms with Gasteiger partial charge in [0.1, 0.15) is 0 Å². The van der Waals surface area contributed by atoms with Crippen LogP contribution >= 0.6 is 10.8 Å². The molecule has 0 saturated carbocycles. The van der Waals surface area contributed by atoms with Gasteiger partial charge in [-0.3, -0.25) is 19.0 Å². The Morgan fingerprint density at radius 1 is 1.22 bits per heavy atom. The summed E-state index contributed by atoms with van der Waals surface area (Å²) in [6.45, 7) is 2.62. The molecule has 9 heteroatoms. The van der Waals surface area contributed by atoms with E-state index in [0.717, 1.165) is 0 Å². The number of nitrogens with one attached hydrogen (secondary N) is 1. The smallest absolute Gasteiger partial charge is 0.313 e. The summed E-state index contributed by atoms with van der Waals surface area (Å²) in [5.41, 5.74) is 0.867. The molecule has 1 unspecified atom stereocenters. The Labute approximate surface area is 138 Å². The second-order valence-corrected chi connectivity index (χ2v) is 8.62. The Hall–Kier alpha value is -1.42. The zero-order chi connectivity index (χ0) is 17.0. The van der Waals surface area contributed by atoms with Gasteiger partial charge < -0.3 is 5.32 Å². The second-order valence-electron chi connectivity index (χ2n) is 5.23. The van der Waals surface area contributed by atoms with Crippen molar-refractivity contribution in [3.05, 3.63) is 35.4 Å². The predicted molar refractivity (Wildman–Crippen MR) is 87.9 cm³/mol. The Balaban J connectivity index is 1.76. The van der Waals surface area contributed by atoms with Gasteiger partial charge in [-0.05, 0) is 42.8 Å². The summed E-state index contributed by atoms with van der Waals surface area (Å²) in [5, 5.41) is 3.08. The Bertz CT molecular complexity index is 670. The molecule has 1 atom stereocenters. The van der Waals surface area contributed by atoms with Gasteiger partial charge in [0.2, 0.25) is 0 Å². The normalized spacial score (nSPS) is 15.8. The molecule has 23 heavy (non-hydrogen) atoms. The molecule has 2 rings (SSSR count). The summed E-state index contributed by atoms with van der Waals surface area (Å²) in [5.74, 6) is -0.340. The lowest BCUT2D eigenvalue weighted by molar-refractivity contribution is 0.0652. The van der Waals surface area contributed by atoms with Crippen molar-refractivity contribution in [3.63, 3.8) is 0 Å². The molecule has 1 aromatic rings. The van der Waals surface area contributed by atoms with Crippen LogP contribution in [-0.2, 0) is 9.15 Å². The third kappa shape index (κ3) is 4.77. The number of carbonyl (C=O) groups excluding carboxylic acids is 2. The van der Waals surface area contributed by atoms with Gasteiger partial charge in [0, 0.05) is 18.3 Å². The fourth-order valence-electron chi connectivity index (χ4n) is 2.27. The van der Waals surface area contributed by atoms with Crippen molar-refractivity contribution in [2.24, 2.45) is 0 Å². The van der Waals surface area contributed by atoms with Crippen molar-refractivity contribution in [2.45, 2.75) is 19.4 Å². The number of fused-ring (bicyclic) bond motifs is 1. The number of amides is 2. The monoisotopic (exact) mass is 358 g/mol. The minimum absolute atomic E-state index is 0.121. The zero-order valence-corrected chi connectivity index (χ0v) is 14.2. The van der Waals surface area contributed by atoms with Crippen LogP contribution < -0.4 is 5.32 Å². The highest BCUT2D eigenvalue weighted by molar-refractivity contribution is 8.69.